The monoisotopic (exact) mass is 284 g/mol. The number of aliphatic carboxylic acids is 1. The summed E-state index contributed by atoms with van der Waals surface area (Å²) < 4.78 is 0. The van der Waals surface area contributed by atoms with Gasteiger partial charge >= 0.3 is 5.97 Å². The first-order valence-electron chi connectivity index (χ1n) is 7.02. The Hall–Kier alpha value is -2.43. The minimum atomic E-state index is -0.830. The van der Waals surface area contributed by atoms with Gasteiger partial charge in [0.05, 0.1) is 17.0 Å². The molecule has 1 atom stereocenters. The van der Waals surface area contributed by atoms with E-state index in [9.17, 15) is 9.59 Å². The first kappa shape index (κ1) is 13.5. The second-order valence-electron chi connectivity index (χ2n) is 5.31. The number of carbonyl (C=O) groups excluding carboxylic acids is 1. The van der Waals surface area contributed by atoms with E-state index in [1.807, 2.05) is 24.3 Å². The average Bonchev–Trinajstić information content (AvgIpc) is 2.53. The molecule has 21 heavy (non-hydrogen) atoms. The van der Waals surface area contributed by atoms with Crippen molar-refractivity contribution in [2.45, 2.75) is 12.8 Å². The zero-order valence-corrected chi connectivity index (χ0v) is 11.5. The quantitative estimate of drug-likeness (QED) is 0.917. The summed E-state index contributed by atoms with van der Waals surface area (Å²) in [4.78, 5) is 29.7. The lowest BCUT2D eigenvalue weighted by molar-refractivity contribution is -0.143. The van der Waals surface area contributed by atoms with Gasteiger partial charge in [0.2, 0.25) is 0 Å². The maximum Gasteiger partial charge on any atom is 0.308 e. The maximum atomic E-state index is 12.7. The summed E-state index contributed by atoms with van der Waals surface area (Å²) in [6.07, 6.45) is 3.02. The summed E-state index contributed by atoms with van der Waals surface area (Å²) in [5.41, 5.74) is 1.21. The molecule has 1 aliphatic heterocycles. The van der Waals surface area contributed by atoms with Crippen LogP contribution in [0.3, 0.4) is 0 Å². The Bertz CT molecular complexity index is 693. The van der Waals surface area contributed by atoms with Gasteiger partial charge in [-0.1, -0.05) is 18.2 Å². The smallest absolute Gasteiger partial charge is 0.308 e. The number of fused-ring (bicyclic) bond motifs is 1. The number of piperidine rings is 1. The van der Waals surface area contributed by atoms with Crippen LogP contribution in [0.15, 0.2) is 36.5 Å². The van der Waals surface area contributed by atoms with Gasteiger partial charge in [0.1, 0.15) is 0 Å². The van der Waals surface area contributed by atoms with Crippen molar-refractivity contribution in [1.82, 2.24) is 9.88 Å². The maximum absolute atomic E-state index is 12.7. The lowest BCUT2D eigenvalue weighted by Gasteiger charge is -2.30. The van der Waals surface area contributed by atoms with E-state index in [0.717, 1.165) is 11.8 Å². The van der Waals surface area contributed by atoms with Crippen LogP contribution < -0.4 is 0 Å². The molecule has 0 saturated carbocycles. The predicted octanol–water partition coefficient (Wildman–Crippen LogP) is 2.17. The molecule has 1 N–H and O–H groups in total. The molecule has 1 aromatic heterocycles. The van der Waals surface area contributed by atoms with E-state index in [4.69, 9.17) is 5.11 Å². The molecular formula is C16H16N2O3. The number of likely N-dealkylation sites (tertiary alicyclic amines) is 1. The normalized spacial score (nSPS) is 18.7. The fourth-order valence-corrected chi connectivity index (χ4v) is 2.81. The number of nitrogens with zero attached hydrogens (tertiary/aromatic N) is 2. The van der Waals surface area contributed by atoms with E-state index in [1.54, 1.807) is 17.2 Å². The number of benzene rings is 1. The summed E-state index contributed by atoms with van der Waals surface area (Å²) in [5, 5.41) is 10.0. The molecule has 1 unspecified atom stereocenters. The highest BCUT2D eigenvalue weighted by atomic mass is 16.4. The van der Waals surface area contributed by atoms with Crippen molar-refractivity contribution in [3.63, 3.8) is 0 Å². The third-order valence-electron chi connectivity index (χ3n) is 3.92. The van der Waals surface area contributed by atoms with Crippen LogP contribution in [0.1, 0.15) is 23.2 Å². The van der Waals surface area contributed by atoms with Crippen molar-refractivity contribution >= 4 is 22.8 Å². The Balaban J connectivity index is 1.92. The number of rotatable bonds is 2. The van der Waals surface area contributed by atoms with Crippen molar-refractivity contribution in [3.05, 3.63) is 42.1 Å². The number of pyridine rings is 1. The molecule has 2 heterocycles. The van der Waals surface area contributed by atoms with Gasteiger partial charge in [-0.2, -0.15) is 0 Å². The summed E-state index contributed by atoms with van der Waals surface area (Å²) in [6.45, 7) is 0.878. The molecule has 3 rings (SSSR count). The standard InChI is InChI=1S/C16H16N2O3/c19-15(18-9-3-6-12(10-18)16(20)21)13-7-1-4-11-5-2-8-17-14(11)13/h1-2,4-5,7-8,12H,3,6,9-10H2,(H,20,21). The third kappa shape index (κ3) is 2.59. The Labute approximate surface area is 122 Å². The SMILES string of the molecule is O=C(O)C1CCCN(C(=O)c2cccc3cccnc23)C1. The highest BCUT2D eigenvalue weighted by Crippen LogP contribution is 2.22. The van der Waals surface area contributed by atoms with E-state index in [0.29, 0.717) is 24.0 Å². The molecule has 2 aromatic rings. The van der Waals surface area contributed by atoms with Crippen LogP contribution in [0.4, 0.5) is 0 Å². The Kier molecular flexibility index (Phi) is 3.56. The van der Waals surface area contributed by atoms with Crippen molar-refractivity contribution in [3.8, 4) is 0 Å². The number of hydrogen-bond donors (Lipinski definition) is 1. The molecule has 0 bridgehead atoms. The van der Waals surface area contributed by atoms with Gasteiger partial charge in [-0.15, -0.1) is 0 Å². The Morgan fingerprint density at radius 3 is 2.86 bits per heavy atom. The second-order valence-corrected chi connectivity index (χ2v) is 5.31. The summed E-state index contributed by atoms with van der Waals surface area (Å²) in [6, 6.07) is 9.24. The molecule has 1 aliphatic rings. The number of hydrogen-bond acceptors (Lipinski definition) is 3. The lowest BCUT2D eigenvalue weighted by atomic mass is 9.97. The molecule has 0 radical (unpaired) electrons. The predicted molar refractivity (Wildman–Crippen MR) is 78.0 cm³/mol. The molecular weight excluding hydrogens is 268 g/mol. The fourth-order valence-electron chi connectivity index (χ4n) is 2.81. The number of carbonyl (C=O) groups is 2. The van der Waals surface area contributed by atoms with Crippen molar-refractivity contribution in [2.75, 3.05) is 13.1 Å². The highest BCUT2D eigenvalue weighted by molar-refractivity contribution is 6.05. The molecule has 1 saturated heterocycles. The molecule has 5 nitrogen and oxygen atoms in total. The summed E-state index contributed by atoms with van der Waals surface area (Å²) >= 11 is 0. The highest BCUT2D eigenvalue weighted by Gasteiger charge is 2.29. The number of para-hydroxylation sites is 1. The van der Waals surface area contributed by atoms with Gasteiger partial charge in [-0.3, -0.25) is 14.6 Å². The van der Waals surface area contributed by atoms with E-state index in [-0.39, 0.29) is 12.5 Å². The van der Waals surface area contributed by atoms with Crippen LogP contribution in [-0.2, 0) is 4.79 Å². The third-order valence-corrected chi connectivity index (χ3v) is 3.92. The Morgan fingerprint density at radius 2 is 2.05 bits per heavy atom. The van der Waals surface area contributed by atoms with Crippen LogP contribution in [0, 0.1) is 5.92 Å². The van der Waals surface area contributed by atoms with Gasteiger partial charge in [-0.05, 0) is 25.0 Å². The first-order valence-corrected chi connectivity index (χ1v) is 7.02. The zero-order valence-electron chi connectivity index (χ0n) is 11.5. The van der Waals surface area contributed by atoms with Crippen LogP contribution in [0.25, 0.3) is 10.9 Å². The van der Waals surface area contributed by atoms with Crippen LogP contribution in [0.2, 0.25) is 0 Å². The van der Waals surface area contributed by atoms with Gasteiger partial charge < -0.3 is 10.0 Å². The molecule has 1 amide bonds. The Morgan fingerprint density at radius 1 is 1.24 bits per heavy atom. The van der Waals surface area contributed by atoms with Crippen LogP contribution in [-0.4, -0.2) is 40.0 Å². The zero-order chi connectivity index (χ0) is 14.8. The summed E-state index contributed by atoms with van der Waals surface area (Å²) in [5.74, 6) is -1.43. The topological polar surface area (TPSA) is 70.5 Å². The van der Waals surface area contributed by atoms with Gasteiger partial charge in [0.15, 0.2) is 0 Å². The number of aromatic nitrogens is 1. The summed E-state index contributed by atoms with van der Waals surface area (Å²) in [7, 11) is 0. The largest absolute Gasteiger partial charge is 0.481 e. The number of amides is 1. The molecule has 1 aromatic carbocycles. The van der Waals surface area contributed by atoms with Crippen LogP contribution in [0.5, 0.6) is 0 Å². The molecule has 5 heteroatoms. The average molecular weight is 284 g/mol. The molecule has 0 aliphatic carbocycles. The number of carboxylic acid groups (broad SMARTS) is 1. The van der Waals surface area contributed by atoms with E-state index < -0.39 is 11.9 Å². The van der Waals surface area contributed by atoms with Crippen molar-refractivity contribution in [2.24, 2.45) is 5.92 Å². The minimum Gasteiger partial charge on any atom is -0.481 e. The van der Waals surface area contributed by atoms with Crippen molar-refractivity contribution in [1.29, 1.82) is 0 Å². The van der Waals surface area contributed by atoms with Gasteiger partial charge in [0, 0.05) is 24.7 Å². The lowest BCUT2D eigenvalue weighted by Crippen LogP contribution is -2.42. The minimum absolute atomic E-state index is 0.134. The molecule has 0 spiro atoms. The molecule has 108 valence electrons. The van der Waals surface area contributed by atoms with Crippen molar-refractivity contribution < 1.29 is 14.7 Å². The fraction of sp³-hybridized carbons (Fsp3) is 0.312. The first-order chi connectivity index (χ1) is 10.2. The molecule has 1 fully saturated rings. The second kappa shape index (κ2) is 5.52. The van der Waals surface area contributed by atoms with E-state index >= 15 is 0 Å². The number of carboxylic acids is 1. The van der Waals surface area contributed by atoms with E-state index in [2.05, 4.69) is 4.98 Å². The van der Waals surface area contributed by atoms with Gasteiger partial charge in [-0.25, -0.2) is 0 Å². The van der Waals surface area contributed by atoms with Gasteiger partial charge in [0.25, 0.3) is 5.91 Å². The van der Waals surface area contributed by atoms with Crippen LogP contribution >= 0.6 is 0 Å². The van der Waals surface area contributed by atoms with E-state index in [1.165, 1.54) is 0 Å².